The summed E-state index contributed by atoms with van der Waals surface area (Å²) in [5, 5.41) is 18.4. The molecule has 0 fully saturated rings. The Morgan fingerprint density at radius 2 is 2.00 bits per heavy atom. The largest absolute Gasteiger partial charge is 0.489 e. The first-order valence-corrected chi connectivity index (χ1v) is 6.15. The van der Waals surface area contributed by atoms with Crippen molar-refractivity contribution in [1.29, 1.82) is 0 Å². The maximum absolute atomic E-state index is 10.5. The van der Waals surface area contributed by atoms with E-state index in [-0.39, 0.29) is 18.9 Å². The second-order valence-electron chi connectivity index (χ2n) is 4.38. The average Bonchev–Trinajstić information content (AvgIpc) is 2.46. The first kappa shape index (κ1) is 13.4. The smallest absolute Gasteiger partial charge is 0.303 e. The summed E-state index contributed by atoms with van der Waals surface area (Å²) in [6.45, 7) is 0. The number of aliphatic hydroxyl groups excluding tert-OH is 1. The summed E-state index contributed by atoms with van der Waals surface area (Å²) in [6, 6.07) is 7.37. The van der Waals surface area contributed by atoms with Gasteiger partial charge in [-0.2, -0.15) is 0 Å². The summed E-state index contributed by atoms with van der Waals surface area (Å²) in [5.74, 6) is -0.900. The third-order valence-electron chi connectivity index (χ3n) is 2.98. The molecule has 2 unspecified atom stereocenters. The predicted molar refractivity (Wildman–Crippen MR) is 70.4 cm³/mol. The molecule has 0 bridgehead atoms. The normalized spacial score (nSPS) is 18.9. The second-order valence-corrected chi connectivity index (χ2v) is 4.38. The molecular formula is C15H16O4. The summed E-state index contributed by atoms with van der Waals surface area (Å²) in [7, 11) is 0. The first-order valence-electron chi connectivity index (χ1n) is 6.15. The SMILES string of the molecule is O=C(O)CCC(O)c1ccc(C2C=CC=CO2)cc1. The van der Waals surface area contributed by atoms with Gasteiger partial charge in [0.1, 0.15) is 6.10 Å². The molecule has 2 atom stereocenters. The monoisotopic (exact) mass is 260 g/mol. The lowest BCUT2D eigenvalue weighted by atomic mass is 10.0. The Morgan fingerprint density at radius 3 is 2.58 bits per heavy atom. The van der Waals surface area contributed by atoms with Gasteiger partial charge in [-0.15, -0.1) is 0 Å². The Hall–Kier alpha value is -2.07. The Bertz CT molecular complexity index is 487. The van der Waals surface area contributed by atoms with Gasteiger partial charge in [0.15, 0.2) is 0 Å². The number of aliphatic hydroxyl groups is 1. The van der Waals surface area contributed by atoms with Gasteiger partial charge < -0.3 is 14.9 Å². The second kappa shape index (κ2) is 6.20. The van der Waals surface area contributed by atoms with Crippen molar-refractivity contribution in [2.75, 3.05) is 0 Å². The van der Waals surface area contributed by atoms with E-state index in [1.165, 1.54) is 0 Å². The number of ether oxygens (including phenoxy) is 1. The molecule has 0 amide bonds. The minimum Gasteiger partial charge on any atom is -0.489 e. The van der Waals surface area contributed by atoms with Gasteiger partial charge in [0, 0.05) is 6.42 Å². The topological polar surface area (TPSA) is 66.8 Å². The molecule has 19 heavy (non-hydrogen) atoms. The zero-order valence-corrected chi connectivity index (χ0v) is 10.4. The van der Waals surface area contributed by atoms with Crippen molar-refractivity contribution in [2.45, 2.75) is 25.0 Å². The number of benzene rings is 1. The molecule has 4 nitrogen and oxygen atoms in total. The zero-order chi connectivity index (χ0) is 13.7. The molecule has 4 heteroatoms. The van der Waals surface area contributed by atoms with Crippen LogP contribution in [0.5, 0.6) is 0 Å². The Balaban J connectivity index is 1.99. The molecule has 0 spiro atoms. The van der Waals surface area contributed by atoms with Crippen molar-refractivity contribution in [3.05, 3.63) is 59.9 Å². The number of aliphatic carboxylic acids is 1. The molecule has 1 aliphatic rings. The van der Waals surface area contributed by atoms with Crippen LogP contribution in [-0.4, -0.2) is 16.2 Å². The molecule has 100 valence electrons. The molecule has 0 saturated carbocycles. The average molecular weight is 260 g/mol. The number of rotatable bonds is 5. The third-order valence-corrected chi connectivity index (χ3v) is 2.98. The third kappa shape index (κ3) is 3.69. The lowest BCUT2D eigenvalue weighted by Crippen LogP contribution is -2.04. The van der Waals surface area contributed by atoms with E-state index in [0.29, 0.717) is 0 Å². The van der Waals surface area contributed by atoms with Crippen LogP contribution < -0.4 is 0 Å². The molecular weight excluding hydrogens is 244 g/mol. The summed E-state index contributed by atoms with van der Waals surface area (Å²) in [6.07, 6.45) is 6.66. The van der Waals surface area contributed by atoms with E-state index in [4.69, 9.17) is 9.84 Å². The van der Waals surface area contributed by atoms with Gasteiger partial charge in [0.05, 0.1) is 12.4 Å². The van der Waals surface area contributed by atoms with Crippen LogP contribution in [-0.2, 0) is 9.53 Å². The molecule has 1 aliphatic heterocycles. The minimum atomic E-state index is -0.900. The molecule has 0 aliphatic carbocycles. The fourth-order valence-corrected chi connectivity index (χ4v) is 1.91. The van der Waals surface area contributed by atoms with Gasteiger partial charge >= 0.3 is 5.97 Å². The van der Waals surface area contributed by atoms with Crippen LogP contribution in [0.4, 0.5) is 0 Å². The standard InChI is InChI=1S/C15H16O4/c16-13(8-9-15(17)18)11-4-6-12(7-5-11)14-3-1-2-10-19-14/h1-7,10,13-14,16H,8-9H2,(H,17,18). The van der Waals surface area contributed by atoms with Crippen LogP contribution in [0.25, 0.3) is 0 Å². The molecule has 0 aromatic heterocycles. The Labute approximate surface area is 111 Å². The maximum atomic E-state index is 10.5. The van der Waals surface area contributed by atoms with E-state index in [1.807, 2.05) is 30.4 Å². The van der Waals surface area contributed by atoms with Gasteiger partial charge in [-0.3, -0.25) is 4.79 Å². The zero-order valence-electron chi connectivity index (χ0n) is 10.4. The van der Waals surface area contributed by atoms with Gasteiger partial charge in [-0.1, -0.05) is 30.3 Å². The van der Waals surface area contributed by atoms with Crippen LogP contribution in [0.15, 0.2) is 48.8 Å². The number of allylic oxidation sites excluding steroid dienone is 2. The van der Waals surface area contributed by atoms with Crippen LogP contribution in [0, 0.1) is 0 Å². The van der Waals surface area contributed by atoms with Crippen molar-refractivity contribution < 1.29 is 19.7 Å². The number of carboxylic acids is 1. The van der Waals surface area contributed by atoms with E-state index < -0.39 is 12.1 Å². The fourth-order valence-electron chi connectivity index (χ4n) is 1.91. The molecule has 0 saturated heterocycles. The summed E-state index contributed by atoms with van der Waals surface area (Å²) < 4.78 is 5.44. The highest BCUT2D eigenvalue weighted by Gasteiger charge is 2.12. The molecule has 1 heterocycles. The lowest BCUT2D eigenvalue weighted by molar-refractivity contribution is -0.137. The fraction of sp³-hybridized carbons (Fsp3) is 0.267. The van der Waals surface area contributed by atoms with Gasteiger partial charge in [0.2, 0.25) is 0 Å². The molecule has 2 N–H and O–H groups in total. The number of carbonyl (C=O) groups is 1. The van der Waals surface area contributed by atoms with Crippen LogP contribution in [0.1, 0.15) is 36.2 Å². The van der Waals surface area contributed by atoms with Gasteiger partial charge in [-0.25, -0.2) is 0 Å². The van der Waals surface area contributed by atoms with E-state index >= 15 is 0 Å². The number of carboxylic acid groups (broad SMARTS) is 1. The lowest BCUT2D eigenvalue weighted by Gasteiger charge is -2.16. The van der Waals surface area contributed by atoms with Gasteiger partial charge in [-0.05, 0) is 29.7 Å². The summed E-state index contributed by atoms with van der Waals surface area (Å²) >= 11 is 0. The maximum Gasteiger partial charge on any atom is 0.303 e. The summed E-state index contributed by atoms with van der Waals surface area (Å²) in [5.41, 5.74) is 1.72. The van der Waals surface area contributed by atoms with Crippen molar-refractivity contribution in [3.8, 4) is 0 Å². The molecule has 2 rings (SSSR count). The molecule has 1 aromatic rings. The highest BCUT2D eigenvalue weighted by atomic mass is 16.5. The van der Waals surface area contributed by atoms with E-state index in [1.54, 1.807) is 18.4 Å². The van der Waals surface area contributed by atoms with Crippen molar-refractivity contribution >= 4 is 5.97 Å². The molecule has 1 aromatic carbocycles. The van der Waals surface area contributed by atoms with Gasteiger partial charge in [0.25, 0.3) is 0 Å². The van der Waals surface area contributed by atoms with E-state index in [2.05, 4.69) is 0 Å². The highest BCUT2D eigenvalue weighted by Crippen LogP contribution is 2.25. The van der Waals surface area contributed by atoms with E-state index in [9.17, 15) is 9.90 Å². The first-order chi connectivity index (χ1) is 9.16. The number of hydrogen-bond acceptors (Lipinski definition) is 3. The van der Waals surface area contributed by atoms with Crippen molar-refractivity contribution in [1.82, 2.24) is 0 Å². The molecule has 0 radical (unpaired) electrons. The Morgan fingerprint density at radius 1 is 1.26 bits per heavy atom. The quantitative estimate of drug-likeness (QED) is 0.854. The van der Waals surface area contributed by atoms with Crippen LogP contribution in [0.3, 0.4) is 0 Å². The van der Waals surface area contributed by atoms with Crippen LogP contribution >= 0.6 is 0 Å². The predicted octanol–water partition coefficient (Wildman–Crippen LogP) is 2.73. The van der Waals surface area contributed by atoms with E-state index in [0.717, 1.165) is 11.1 Å². The number of hydrogen-bond donors (Lipinski definition) is 2. The highest BCUT2D eigenvalue weighted by molar-refractivity contribution is 5.66. The van der Waals surface area contributed by atoms with Crippen molar-refractivity contribution in [2.24, 2.45) is 0 Å². The Kier molecular flexibility index (Phi) is 4.36. The summed E-state index contributed by atoms with van der Waals surface area (Å²) in [4.78, 5) is 10.5. The minimum absolute atomic E-state index is 0.0395. The van der Waals surface area contributed by atoms with Crippen LogP contribution in [0.2, 0.25) is 0 Å². The van der Waals surface area contributed by atoms with Crippen molar-refractivity contribution in [3.63, 3.8) is 0 Å².